The Labute approximate surface area is 159 Å². The summed E-state index contributed by atoms with van der Waals surface area (Å²) in [5.41, 5.74) is 0.987. The molecule has 1 atom stereocenters. The molecule has 0 fully saturated rings. The molecule has 0 saturated heterocycles. The highest BCUT2D eigenvalue weighted by Gasteiger charge is 2.12. The third-order valence-corrected chi connectivity index (χ3v) is 3.75. The Bertz CT molecular complexity index is 715. The molecule has 6 heteroatoms. The number of amides is 1. The zero-order valence-corrected chi connectivity index (χ0v) is 15.6. The van der Waals surface area contributed by atoms with Gasteiger partial charge in [0.25, 0.3) is 5.91 Å². The minimum absolute atomic E-state index is 0.0642. The van der Waals surface area contributed by atoms with E-state index in [0.29, 0.717) is 12.4 Å². The summed E-state index contributed by atoms with van der Waals surface area (Å²) in [5, 5.41) is 2.79. The number of ether oxygens (including phenoxy) is 3. The van der Waals surface area contributed by atoms with Crippen molar-refractivity contribution in [1.82, 2.24) is 5.32 Å². The fourth-order valence-corrected chi connectivity index (χ4v) is 2.38. The molecule has 144 valence electrons. The first-order chi connectivity index (χ1) is 13.1. The quantitative estimate of drug-likeness (QED) is 0.649. The lowest BCUT2D eigenvalue weighted by molar-refractivity contribution is -0.149. The van der Waals surface area contributed by atoms with Gasteiger partial charge >= 0.3 is 5.97 Å². The van der Waals surface area contributed by atoms with Crippen molar-refractivity contribution in [2.24, 2.45) is 0 Å². The molecule has 0 aliphatic rings. The van der Waals surface area contributed by atoms with Gasteiger partial charge in [-0.2, -0.15) is 0 Å². The van der Waals surface area contributed by atoms with Crippen LogP contribution in [0.4, 0.5) is 0 Å². The molecule has 0 aromatic heterocycles. The summed E-state index contributed by atoms with van der Waals surface area (Å²) in [6.07, 6.45) is 0.0642. The van der Waals surface area contributed by atoms with Gasteiger partial charge in [-0.3, -0.25) is 9.59 Å². The molecule has 2 rings (SSSR count). The highest BCUT2D eigenvalue weighted by atomic mass is 16.5. The van der Waals surface area contributed by atoms with Gasteiger partial charge in [-0.1, -0.05) is 30.3 Å². The van der Waals surface area contributed by atoms with Gasteiger partial charge in [-0.05, 0) is 43.7 Å². The zero-order valence-electron chi connectivity index (χ0n) is 15.6. The van der Waals surface area contributed by atoms with Crippen molar-refractivity contribution < 1.29 is 23.8 Å². The smallest absolute Gasteiger partial charge is 0.309 e. The van der Waals surface area contributed by atoms with Crippen LogP contribution in [0.2, 0.25) is 0 Å². The first-order valence-electron chi connectivity index (χ1n) is 8.94. The minimum atomic E-state index is -0.483. The van der Waals surface area contributed by atoms with Gasteiger partial charge in [0.05, 0.1) is 25.7 Å². The van der Waals surface area contributed by atoms with Crippen LogP contribution in [0.5, 0.6) is 11.5 Å². The molecule has 0 heterocycles. The number of hydrogen-bond donors (Lipinski definition) is 1. The van der Waals surface area contributed by atoms with Crippen molar-refractivity contribution in [3.63, 3.8) is 0 Å². The van der Waals surface area contributed by atoms with Crippen LogP contribution < -0.4 is 14.8 Å². The van der Waals surface area contributed by atoms with E-state index in [0.717, 1.165) is 11.3 Å². The Morgan fingerprint density at radius 2 is 1.59 bits per heavy atom. The molecule has 2 aromatic carbocycles. The molecule has 0 spiro atoms. The van der Waals surface area contributed by atoms with E-state index in [1.165, 1.54) is 0 Å². The summed E-state index contributed by atoms with van der Waals surface area (Å²) in [5.74, 6) is 0.580. The molecule has 0 unspecified atom stereocenters. The van der Waals surface area contributed by atoms with Crippen molar-refractivity contribution in [2.75, 3.05) is 19.8 Å². The lowest BCUT2D eigenvalue weighted by Crippen LogP contribution is -2.31. The summed E-state index contributed by atoms with van der Waals surface area (Å²) >= 11 is 0. The number of esters is 1. The molecule has 27 heavy (non-hydrogen) atoms. The van der Waals surface area contributed by atoms with Crippen LogP contribution in [0.1, 0.15) is 31.9 Å². The maximum atomic E-state index is 11.9. The monoisotopic (exact) mass is 371 g/mol. The second-order valence-electron chi connectivity index (χ2n) is 5.86. The maximum absolute atomic E-state index is 11.9. The number of carbonyl (C=O) groups is 2. The first-order valence-corrected chi connectivity index (χ1v) is 8.94. The van der Waals surface area contributed by atoms with E-state index in [4.69, 9.17) is 14.2 Å². The van der Waals surface area contributed by atoms with Gasteiger partial charge in [0.2, 0.25) is 0 Å². The van der Waals surface area contributed by atoms with E-state index in [2.05, 4.69) is 5.32 Å². The molecule has 0 aliphatic heterocycles. The van der Waals surface area contributed by atoms with Crippen molar-refractivity contribution >= 4 is 11.9 Å². The van der Waals surface area contributed by atoms with E-state index < -0.39 is 5.97 Å². The van der Waals surface area contributed by atoms with E-state index >= 15 is 0 Å². The van der Waals surface area contributed by atoms with Crippen molar-refractivity contribution in [3.8, 4) is 11.5 Å². The minimum Gasteiger partial charge on any atom is -0.494 e. The van der Waals surface area contributed by atoms with Crippen LogP contribution in [0.25, 0.3) is 0 Å². The number of benzene rings is 2. The van der Waals surface area contributed by atoms with E-state index in [1.54, 1.807) is 24.3 Å². The van der Waals surface area contributed by atoms with Gasteiger partial charge < -0.3 is 19.5 Å². The van der Waals surface area contributed by atoms with Gasteiger partial charge in [0.15, 0.2) is 6.61 Å². The van der Waals surface area contributed by atoms with Crippen LogP contribution in [0.15, 0.2) is 54.6 Å². The topological polar surface area (TPSA) is 73.9 Å². The third-order valence-electron chi connectivity index (χ3n) is 3.75. The molecular weight excluding hydrogens is 346 g/mol. The average Bonchev–Trinajstić information content (AvgIpc) is 2.68. The Balaban J connectivity index is 1.63. The summed E-state index contributed by atoms with van der Waals surface area (Å²) in [7, 11) is 0. The SMILES string of the molecule is CCOc1ccc(OCCC(=O)OCC(=O)N[C@@H](C)c2ccccc2)cc1. The lowest BCUT2D eigenvalue weighted by Gasteiger charge is -2.14. The molecule has 0 aliphatic carbocycles. The van der Waals surface area contributed by atoms with Crippen LogP contribution in [0.3, 0.4) is 0 Å². The normalized spacial score (nSPS) is 11.3. The summed E-state index contributed by atoms with van der Waals surface area (Å²) in [6, 6.07) is 16.6. The van der Waals surface area contributed by atoms with Gasteiger partial charge in [-0.15, -0.1) is 0 Å². The molecule has 0 radical (unpaired) electrons. The van der Waals surface area contributed by atoms with E-state index in [1.807, 2.05) is 44.2 Å². The highest BCUT2D eigenvalue weighted by molar-refractivity contribution is 5.80. The molecule has 0 saturated carbocycles. The van der Waals surface area contributed by atoms with Crippen molar-refractivity contribution in [3.05, 3.63) is 60.2 Å². The molecular formula is C21H25NO5. The van der Waals surface area contributed by atoms with E-state index in [9.17, 15) is 9.59 Å². The van der Waals surface area contributed by atoms with Crippen LogP contribution in [0, 0.1) is 0 Å². The number of hydrogen-bond acceptors (Lipinski definition) is 5. The Kier molecular flexibility index (Phi) is 8.16. The van der Waals surface area contributed by atoms with Crippen LogP contribution >= 0.6 is 0 Å². The maximum Gasteiger partial charge on any atom is 0.309 e. The van der Waals surface area contributed by atoms with Gasteiger partial charge in [0, 0.05) is 0 Å². The molecule has 6 nitrogen and oxygen atoms in total. The highest BCUT2D eigenvalue weighted by Crippen LogP contribution is 2.17. The summed E-state index contributed by atoms with van der Waals surface area (Å²) in [6.45, 7) is 4.26. The predicted octanol–water partition coefficient (Wildman–Crippen LogP) is 3.27. The second-order valence-corrected chi connectivity index (χ2v) is 5.86. The third kappa shape index (κ3) is 7.40. The average molecular weight is 371 g/mol. The van der Waals surface area contributed by atoms with Crippen LogP contribution in [-0.4, -0.2) is 31.7 Å². The van der Waals surface area contributed by atoms with Crippen molar-refractivity contribution in [1.29, 1.82) is 0 Å². The fraction of sp³-hybridized carbons (Fsp3) is 0.333. The van der Waals surface area contributed by atoms with E-state index in [-0.39, 0.29) is 31.6 Å². The lowest BCUT2D eigenvalue weighted by atomic mass is 10.1. The summed E-state index contributed by atoms with van der Waals surface area (Å²) in [4.78, 5) is 23.6. The van der Waals surface area contributed by atoms with Gasteiger partial charge in [-0.25, -0.2) is 0 Å². The second kappa shape index (κ2) is 10.9. The molecule has 1 amide bonds. The zero-order chi connectivity index (χ0) is 19.5. The van der Waals surface area contributed by atoms with Gasteiger partial charge in [0.1, 0.15) is 11.5 Å². The van der Waals surface area contributed by atoms with Crippen molar-refractivity contribution in [2.45, 2.75) is 26.3 Å². The number of nitrogens with one attached hydrogen (secondary N) is 1. The number of rotatable bonds is 10. The molecule has 0 bridgehead atoms. The number of carbonyl (C=O) groups excluding carboxylic acids is 2. The molecule has 2 aromatic rings. The Morgan fingerprint density at radius 1 is 0.963 bits per heavy atom. The summed E-state index contributed by atoms with van der Waals surface area (Å²) < 4.78 is 15.8. The Hall–Kier alpha value is -3.02. The predicted molar refractivity (Wildman–Crippen MR) is 102 cm³/mol. The van der Waals surface area contributed by atoms with Crippen LogP contribution in [-0.2, 0) is 14.3 Å². The largest absolute Gasteiger partial charge is 0.494 e. The Morgan fingerprint density at radius 3 is 2.22 bits per heavy atom. The standard InChI is InChI=1S/C21H25NO5/c1-3-25-18-9-11-19(12-10-18)26-14-13-21(24)27-15-20(23)22-16(2)17-7-5-4-6-8-17/h4-12,16H,3,13-15H2,1-2H3,(H,22,23)/t16-/m0/s1. The molecule has 1 N–H and O–H groups in total. The fourth-order valence-electron chi connectivity index (χ4n) is 2.38. The first kappa shape index (κ1) is 20.3.